The molecule has 1 N–H and O–H groups in total. The van der Waals surface area contributed by atoms with Crippen molar-refractivity contribution in [2.75, 3.05) is 0 Å². The minimum absolute atomic E-state index is 0.313. The molecule has 140 valence electrons. The van der Waals surface area contributed by atoms with Gasteiger partial charge in [0.15, 0.2) is 14.9 Å². The first-order chi connectivity index (χ1) is 11.5. The molecule has 1 heterocycles. The molecule has 0 aromatic heterocycles. The van der Waals surface area contributed by atoms with E-state index in [0.29, 0.717) is 0 Å². The Labute approximate surface area is 141 Å². The van der Waals surface area contributed by atoms with Crippen molar-refractivity contribution in [3.8, 4) is 11.5 Å². The highest BCUT2D eigenvalue weighted by Gasteiger charge is 2.33. The first-order valence-electron chi connectivity index (χ1n) is 6.91. The molecule has 0 fully saturated rings. The predicted octanol–water partition coefficient (Wildman–Crippen LogP) is 2.96. The molecule has 0 saturated heterocycles. The zero-order chi connectivity index (χ0) is 18.8. The highest BCUT2D eigenvalue weighted by Crippen LogP contribution is 2.34. The number of sulfone groups is 1. The SMILES string of the molecule is CC1(C)C=C(S(=O)(=O)Cc2c(OC(F)F)cccc2OC(F)F)NO1. The topological polar surface area (TPSA) is 73.9 Å². The van der Waals surface area contributed by atoms with Crippen molar-refractivity contribution in [1.82, 2.24) is 5.48 Å². The van der Waals surface area contributed by atoms with Crippen molar-refractivity contribution in [3.63, 3.8) is 0 Å². The van der Waals surface area contributed by atoms with Gasteiger partial charge in [-0.25, -0.2) is 8.42 Å². The van der Waals surface area contributed by atoms with Gasteiger partial charge < -0.3 is 9.47 Å². The van der Waals surface area contributed by atoms with Gasteiger partial charge in [0.2, 0.25) is 0 Å². The van der Waals surface area contributed by atoms with Gasteiger partial charge in [0.05, 0.1) is 11.3 Å². The van der Waals surface area contributed by atoms with Gasteiger partial charge in [-0.15, -0.1) is 0 Å². The summed E-state index contributed by atoms with van der Waals surface area (Å²) in [6.07, 6.45) is 1.27. The van der Waals surface area contributed by atoms with Gasteiger partial charge in [0.25, 0.3) is 0 Å². The number of nitrogens with one attached hydrogen (secondary N) is 1. The molecule has 11 heteroatoms. The number of ether oxygens (including phenoxy) is 2. The van der Waals surface area contributed by atoms with Crippen molar-refractivity contribution in [2.24, 2.45) is 0 Å². The highest BCUT2D eigenvalue weighted by atomic mass is 32.2. The Bertz CT molecular complexity index is 736. The predicted molar refractivity (Wildman–Crippen MR) is 78.7 cm³/mol. The van der Waals surface area contributed by atoms with Crippen molar-refractivity contribution in [2.45, 2.75) is 38.4 Å². The van der Waals surface area contributed by atoms with Crippen LogP contribution in [0.4, 0.5) is 17.6 Å². The second-order valence-electron chi connectivity index (χ2n) is 5.57. The minimum Gasteiger partial charge on any atom is -0.434 e. The van der Waals surface area contributed by atoms with Crippen LogP contribution in [0.15, 0.2) is 29.3 Å². The number of hydroxylamine groups is 1. The summed E-state index contributed by atoms with van der Waals surface area (Å²) in [7, 11) is -4.13. The molecule has 6 nitrogen and oxygen atoms in total. The van der Waals surface area contributed by atoms with E-state index >= 15 is 0 Å². The van der Waals surface area contributed by atoms with E-state index in [1.165, 1.54) is 6.08 Å². The lowest BCUT2D eigenvalue weighted by Crippen LogP contribution is -2.22. The summed E-state index contributed by atoms with van der Waals surface area (Å²) in [6.45, 7) is -3.37. The summed E-state index contributed by atoms with van der Waals surface area (Å²) in [5, 5.41) is -0.313. The number of halogens is 4. The zero-order valence-corrected chi connectivity index (χ0v) is 13.9. The monoisotopic (exact) mass is 385 g/mol. The van der Waals surface area contributed by atoms with Crippen molar-refractivity contribution >= 4 is 9.84 Å². The molecular weight excluding hydrogens is 370 g/mol. The Hall–Kier alpha value is -2.01. The fraction of sp³-hybridized carbons (Fsp3) is 0.429. The smallest absolute Gasteiger partial charge is 0.387 e. The van der Waals surface area contributed by atoms with Crippen molar-refractivity contribution < 1.29 is 40.3 Å². The molecule has 0 spiro atoms. The van der Waals surface area contributed by atoms with Gasteiger partial charge in [0.1, 0.15) is 17.1 Å². The summed E-state index contributed by atoms with van der Waals surface area (Å²) in [5.41, 5.74) is 0.861. The number of hydrogen-bond donors (Lipinski definition) is 1. The molecular formula is C14H15F4NO5S. The van der Waals surface area contributed by atoms with Gasteiger partial charge >= 0.3 is 13.2 Å². The molecule has 0 aliphatic carbocycles. The number of alkyl halides is 4. The average Bonchev–Trinajstić information content (AvgIpc) is 2.82. The molecule has 1 aliphatic rings. The molecule has 0 unspecified atom stereocenters. The summed E-state index contributed by atoms with van der Waals surface area (Å²) >= 11 is 0. The first kappa shape index (κ1) is 19.3. The largest absolute Gasteiger partial charge is 0.434 e. The quantitative estimate of drug-likeness (QED) is 0.728. The molecule has 0 bridgehead atoms. The Morgan fingerprint density at radius 1 is 1.12 bits per heavy atom. The molecule has 1 aromatic carbocycles. The second-order valence-corrected chi connectivity index (χ2v) is 7.52. The van der Waals surface area contributed by atoms with Crippen LogP contribution in [0, 0.1) is 0 Å². The fourth-order valence-corrected chi connectivity index (χ4v) is 3.53. The summed E-state index contributed by atoms with van der Waals surface area (Å²) in [4.78, 5) is 5.04. The van der Waals surface area contributed by atoms with Crippen LogP contribution in [0.1, 0.15) is 19.4 Å². The van der Waals surface area contributed by atoms with E-state index in [4.69, 9.17) is 4.84 Å². The van der Waals surface area contributed by atoms with E-state index in [1.54, 1.807) is 13.8 Å². The van der Waals surface area contributed by atoms with Crippen LogP contribution in [0.25, 0.3) is 0 Å². The maximum Gasteiger partial charge on any atom is 0.387 e. The lowest BCUT2D eigenvalue weighted by molar-refractivity contribution is -0.0552. The lowest BCUT2D eigenvalue weighted by atomic mass is 10.1. The van der Waals surface area contributed by atoms with Crippen LogP contribution < -0.4 is 15.0 Å². The maximum atomic E-state index is 12.5. The molecule has 0 amide bonds. The van der Waals surface area contributed by atoms with Crippen LogP contribution in [0.2, 0.25) is 0 Å². The lowest BCUT2D eigenvalue weighted by Gasteiger charge is -2.16. The highest BCUT2D eigenvalue weighted by molar-refractivity contribution is 7.94. The Morgan fingerprint density at radius 2 is 1.64 bits per heavy atom. The third-order valence-corrected chi connectivity index (χ3v) is 4.62. The first-order valence-corrected chi connectivity index (χ1v) is 8.56. The third-order valence-electron chi connectivity index (χ3n) is 3.08. The fourth-order valence-electron chi connectivity index (χ4n) is 2.08. The molecule has 2 rings (SSSR count). The van der Waals surface area contributed by atoms with E-state index in [-0.39, 0.29) is 5.03 Å². The minimum atomic E-state index is -4.13. The van der Waals surface area contributed by atoms with Crippen LogP contribution in [0.3, 0.4) is 0 Å². The number of benzene rings is 1. The molecule has 0 atom stereocenters. The van der Waals surface area contributed by atoms with Gasteiger partial charge in [-0.05, 0) is 32.1 Å². The van der Waals surface area contributed by atoms with Gasteiger partial charge in [0, 0.05) is 0 Å². The van der Waals surface area contributed by atoms with Crippen molar-refractivity contribution in [3.05, 3.63) is 34.9 Å². The number of hydrogen-bond acceptors (Lipinski definition) is 6. The standard InChI is InChI=1S/C14H15F4NO5S/c1-14(2)6-11(19-24-14)25(20,21)7-8-9(22-12(15)16)4-3-5-10(8)23-13(17)18/h3-6,12-13,19H,7H2,1-2H3. The molecule has 0 radical (unpaired) electrons. The maximum absolute atomic E-state index is 12.5. The van der Waals surface area contributed by atoms with E-state index in [1.807, 2.05) is 0 Å². The van der Waals surface area contributed by atoms with E-state index in [9.17, 15) is 26.0 Å². The second kappa shape index (κ2) is 7.08. The van der Waals surface area contributed by atoms with Gasteiger partial charge in [-0.3, -0.25) is 10.3 Å². The molecule has 0 saturated carbocycles. The van der Waals surface area contributed by atoms with E-state index in [2.05, 4.69) is 15.0 Å². The Morgan fingerprint density at radius 3 is 2.04 bits per heavy atom. The van der Waals surface area contributed by atoms with Crippen LogP contribution in [0.5, 0.6) is 11.5 Å². The van der Waals surface area contributed by atoms with Gasteiger partial charge in [-0.2, -0.15) is 17.6 Å². The number of rotatable bonds is 7. The normalized spacial score (nSPS) is 16.7. The molecule has 1 aromatic rings. The van der Waals surface area contributed by atoms with Crippen LogP contribution in [-0.2, 0) is 20.4 Å². The molecule has 25 heavy (non-hydrogen) atoms. The van der Waals surface area contributed by atoms with Gasteiger partial charge in [-0.1, -0.05) is 6.07 Å². The average molecular weight is 385 g/mol. The Kier molecular flexibility index (Phi) is 5.47. The summed E-state index contributed by atoms with van der Waals surface area (Å²) < 4.78 is 83.5. The van der Waals surface area contributed by atoms with E-state index in [0.717, 1.165) is 18.2 Å². The zero-order valence-electron chi connectivity index (χ0n) is 13.1. The summed E-state index contributed by atoms with van der Waals surface area (Å²) in [6, 6.07) is 3.20. The van der Waals surface area contributed by atoms with Crippen LogP contribution in [-0.4, -0.2) is 27.2 Å². The molecule has 1 aliphatic heterocycles. The van der Waals surface area contributed by atoms with Crippen molar-refractivity contribution in [1.29, 1.82) is 0 Å². The Balaban J connectivity index is 2.42. The van der Waals surface area contributed by atoms with E-state index < -0.39 is 51.5 Å². The summed E-state index contributed by atoms with van der Waals surface area (Å²) in [5.74, 6) is -2.05. The third kappa shape index (κ3) is 4.98. The van der Waals surface area contributed by atoms with Crippen LogP contribution >= 0.6 is 0 Å².